The Balaban J connectivity index is 1.49. The third kappa shape index (κ3) is 3.72. The molecule has 0 saturated heterocycles. The minimum Gasteiger partial charge on any atom is -0.463 e. The van der Waals surface area contributed by atoms with Crippen LogP contribution in [0.5, 0.6) is 0 Å². The molecule has 6 heteroatoms. The van der Waals surface area contributed by atoms with E-state index in [1.54, 1.807) is 17.2 Å². The summed E-state index contributed by atoms with van der Waals surface area (Å²) < 4.78 is 7.50. The molecule has 0 unspecified atom stereocenters. The van der Waals surface area contributed by atoms with Gasteiger partial charge in [0.15, 0.2) is 5.58 Å². The first-order valence-corrected chi connectivity index (χ1v) is 11.8. The lowest BCUT2D eigenvalue weighted by molar-refractivity contribution is -0.134. The van der Waals surface area contributed by atoms with Gasteiger partial charge in [-0.3, -0.25) is 9.59 Å². The molecular formula is C26H31N3O3. The number of benzene rings is 1. The smallest absolute Gasteiger partial charge is 0.271 e. The van der Waals surface area contributed by atoms with Crippen molar-refractivity contribution < 1.29 is 14.0 Å². The molecule has 3 heterocycles. The van der Waals surface area contributed by atoms with E-state index in [1.165, 1.54) is 19.3 Å². The highest BCUT2D eigenvalue weighted by Crippen LogP contribution is 2.34. The average molecular weight is 434 g/mol. The lowest BCUT2D eigenvalue weighted by atomic mass is 9.91. The van der Waals surface area contributed by atoms with E-state index >= 15 is 0 Å². The Labute approximate surface area is 188 Å². The molecule has 0 bridgehead atoms. The first kappa shape index (κ1) is 20.9. The molecule has 0 spiro atoms. The van der Waals surface area contributed by atoms with Gasteiger partial charge in [-0.15, -0.1) is 0 Å². The largest absolute Gasteiger partial charge is 0.463 e. The number of aromatic nitrogens is 1. The molecule has 2 amide bonds. The zero-order valence-electron chi connectivity index (χ0n) is 18.7. The molecule has 2 aliphatic rings. The van der Waals surface area contributed by atoms with Crippen LogP contribution in [0.15, 0.2) is 53.1 Å². The van der Waals surface area contributed by atoms with E-state index in [-0.39, 0.29) is 17.9 Å². The van der Waals surface area contributed by atoms with Crippen molar-refractivity contribution >= 4 is 22.9 Å². The predicted molar refractivity (Wildman–Crippen MR) is 123 cm³/mol. The molecule has 1 aromatic carbocycles. The predicted octanol–water partition coefficient (Wildman–Crippen LogP) is 4.88. The van der Waals surface area contributed by atoms with Gasteiger partial charge in [-0.05, 0) is 25.3 Å². The van der Waals surface area contributed by atoms with Crippen LogP contribution in [-0.2, 0) is 17.9 Å². The molecule has 1 aliphatic carbocycles. The van der Waals surface area contributed by atoms with Crippen LogP contribution < -0.4 is 5.32 Å². The van der Waals surface area contributed by atoms with Crippen LogP contribution in [0.3, 0.4) is 0 Å². The van der Waals surface area contributed by atoms with Crippen molar-refractivity contribution in [3.05, 3.63) is 60.0 Å². The van der Waals surface area contributed by atoms with E-state index in [2.05, 4.69) is 5.32 Å². The number of carbonyl (C=O) groups excluding carboxylic acids is 2. The Kier molecular flexibility index (Phi) is 5.53. The van der Waals surface area contributed by atoms with Gasteiger partial charge < -0.3 is 19.2 Å². The summed E-state index contributed by atoms with van der Waals surface area (Å²) in [7, 11) is 0. The van der Waals surface area contributed by atoms with Crippen molar-refractivity contribution in [1.82, 2.24) is 14.8 Å². The highest BCUT2D eigenvalue weighted by atomic mass is 16.3. The molecule has 32 heavy (non-hydrogen) atoms. The normalized spacial score (nSPS) is 22.4. The lowest BCUT2D eigenvalue weighted by Gasteiger charge is -2.44. The second-order valence-electron chi connectivity index (χ2n) is 9.45. The summed E-state index contributed by atoms with van der Waals surface area (Å²) in [5, 5.41) is 3.33. The van der Waals surface area contributed by atoms with Gasteiger partial charge in [-0.1, -0.05) is 62.4 Å². The van der Waals surface area contributed by atoms with Gasteiger partial charge >= 0.3 is 0 Å². The molecule has 1 atom stereocenters. The number of hydrogen-bond acceptors (Lipinski definition) is 3. The Bertz CT molecular complexity index is 1110. The number of furan rings is 1. The second kappa shape index (κ2) is 8.49. The summed E-state index contributed by atoms with van der Waals surface area (Å²) in [5.41, 5.74) is 2.13. The van der Waals surface area contributed by atoms with E-state index < -0.39 is 5.54 Å². The van der Waals surface area contributed by atoms with Gasteiger partial charge in [0.25, 0.3) is 5.91 Å². The maximum atomic E-state index is 13.8. The molecule has 3 aromatic rings. The van der Waals surface area contributed by atoms with E-state index in [4.69, 9.17) is 4.42 Å². The summed E-state index contributed by atoms with van der Waals surface area (Å²) in [4.78, 5) is 29.2. The molecule has 5 rings (SSSR count). The number of rotatable bonds is 4. The van der Waals surface area contributed by atoms with E-state index in [1.807, 2.05) is 47.9 Å². The summed E-state index contributed by atoms with van der Waals surface area (Å²) >= 11 is 0. The third-order valence-electron chi connectivity index (χ3n) is 7.16. The summed E-state index contributed by atoms with van der Waals surface area (Å²) in [6, 6.07) is 13.7. The maximum absolute atomic E-state index is 13.8. The van der Waals surface area contributed by atoms with Crippen LogP contribution in [0, 0.1) is 0 Å². The fraction of sp³-hybridized carbons (Fsp3) is 0.462. The summed E-state index contributed by atoms with van der Waals surface area (Å²) in [5.74, 6) is -0.204. The quantitative estimate of drug-likeness (QED) is 0.638. The maximum Gasteiger partial charge on any atom is 0.271 e. The number of carbonyl (C=O) groups is 2. The number of nitrogens with zero attached hydrogens (tertiary/aromatic N) is 2. The van der Waals surface area contributed by atoms with Crippen LogP contribution in [-0.4, -0.2) is 32.9 Å². The van der Waals surface area contributed by atoms with Crippen LogP contribution in [0.2, 0.25) is 0 Å². The zero-order chi connectivity index (χ0) is 22.1. The Hall–Kier alpha value is -3.02. The van der Waals surface area contributed by atoms with E-state index in [0.29, 0.717) is 24.4 Å². The standard InChI is InChI=1S/C26H31N3O3/c1-26(25(31)27-20-12-8-3-2-4-9-13-20)18-28-21-14-15-32-23(21)16-22(28)24(30)29(26)17-19-10-6-5-7-11-19/h5-7,10-11,14-16,20H,2-4,8-9,12-13,17-18H2,1H3,(H,27,31)/t26-/m1/s1. The summed E-state index contributed by atoms with van der Waals surface area (Å²) in [6.07, 6.45) is 9.68. The minimum absolute atomic E-state index is 0.0663. The third-order valence-corrected chi connectivity index (χ3v) is 7.16. The first-order chi connectivity index (χ1) is 15.6. The molecule has 1 aliphatic heterocycles. The topological polar surface area (TPSA) is 67.5 Å². The zero-order valence-corrected chi connectivity index (χ0v) is 18.7. The van der Waals surface area contributed by atoms with Gasteiger partial charge in [0.2, 0.25) is 5.91 Å². The van der Waals surface area contributed by atoms with Crippen molar-refractivity contribution in [1.29, 1.82) is 0 Å². The van der Waals surface area contributed by atoms with Crippen molar-refractivity contribution in [2.75, 3.05) is 0 Å². The molecule has 1 N–H and O–H groups in total. The fourth-order valence-corrected chi connectivity index (χ4v) is 5.23. The first-order valence-electron chi connectivity index (χ1n) is 11.8. The molecule has 2 aromatic heterocycles. The lowest BCUT2D eigenvalue weighted by Crippen LogP contribution is -2.64. The average Bonchev–Trinajstić information content (AvgIpc) is 3.36. The Morgan fingerprint density at radius 3 is 2.56 bits per heavy atom. The minimum atomic E-state index is -0.995. The molecule has 168 valence electrons. The van der Waals surface area contributed by atoms with Crippen LogP contribution in [0.1, 0.15) is 67.9 Å². The number of hydrogen-bond donors (Lipinski definition) is 1. The Morgan fingerprint density at radius 1 is 1.09 bits per heavy atom. The molecule has 0 radical (unpaired) electrons. The number of amides is 2. The van der Waals surface area contributed by atoms with Crippen molar-refractivity contribution in [2.24, 2.45) is 0 Å². The van der Waals surface area contributed by atoms with Gasteiger partial charge in [0.1, 0.15) is 11.2 Å². The number of fused-ring (bicyclic) bond motifs is 3. The summed E-state index contributed by atoms with van der Waals surface area (Å²) in [6.45, 7) is 2.70. The van der Waals surface area contributed by atoms with Gasteiger partial charge in [-0.2, -0.15) is 0 Å². The SMILES string of the molecule is C[C@]1(C(=O)NC2CCCCCCC2)Cn2c(cc3occc32)C(=O)N1Cc1ccccc1. The molecule has 1 saturated carbocycles. The highest BCUT2D eigenvalue weighted by molar-refractivity contribution is 6.02. The van der Waals surface area contributed by atoms with Crippen LogP contribution in [0.25, 0.3) is 11.1 Å². The van der Waals surface area contributed by atoms with Crippen LogP contribution >= 0.6 is 0 Å². The second-order valence-corrected chi connectivity index (χ2v) is 9.45. The van der Waals surface area contributed by atoms with Gasteiger partial charge in [0, 0.05) is 24.7 Å². The molecule has 1 fully saturated rings. The van der Waals surface area contributed by atoms with Gasteiger partial charge in [-0.25, -0.2) is 0 Å². The van der Waals surface area contributed by atoms with Crippen LogP contribution in [0.4, 0.5) is 0 Å². The van der Waals surface area contributed by atoms with Gasteiger partial charge in [0.05, 0.1) is 18.3 Å². The fourth-order valence-electron chi connectivity index (χ4n) is 5.23. The van der Waals surface area contributed by atoms with E-state index in [0.717, 1.165) is 36.8 Å². The Morgan fingerprint density at radius 2 is 1.81 bits per heavy atom. The molecular weight excluding hydrogens is 402 g/mol. The number of nitrogens with one attached hydrogen (secondary N) is 1. The molecule has 6 nitrogen and oxygen atoms in total. The van der Waals surface area contributed by atoms with Crippen molar-refractivity contribution in [3.8, 4) is 0 Å². The van der Waals surface area contributed by atoms with Crippen molar-refractivity contribution in [3.63, 3.8) is 0 Å². The monoisotopic (exact) mass is 433 g/mol. The highest BCUT2D eigenvalue weighted by Gasteiger charge is 2.48. The van der Waals surface area contributed by atoms with Crippen molar-refractivity contribution in [2.45, 2.75) is 76.5 Å². The van der Waals surface area contributed by atoms with E-state index in [9.17, 15) is 9.59 Å².